The highest BCUT2D eigenvalue weighted by Crippen LogP contribution is 2.18. The first kappa shape index (κ1) is 15.4. The largest absolute Gasteiger partial charge is 0.466 e. The van der Waals surface area contributed by atoms with Gasteiger partial charge in [0.1, 0.15) is 0 Å². The molecule has 0 radical (unpaired) electrons. The van der Waals surface area contributed by atoms with Gasteiger partial charge in [-0.3, -0.25) is 4.79 Å². The van der Waals surface area contributed by atoms with E-state index in [1.54, 1.807) is 6.92 Å². The Hall–Kier alpha value is -0.660. The highest BCUT2D eigenvalue weighted by atomic mass is 32.2. The van der Waals surface area contributed by atoms with Crippen molar-refractivity contribution in [2.75, 3.05) is 32.0 Å². The van der Waals surface area contributed by atoms with Gasteiger partial charge in [0.2, 0.25) is 10.0 Å². The molecule has 18 heavy (non-hydrogen) atoms. The number of rotatable bonds is 6. The van der Waals surface area contributed by atoms with Crippen LogP contribution in [0.5, 0.6) is 0 Å². The summed E-state index contributed by atoms with van der Waals surface area (Å²) in [6.07, 6.45) is 1.72. The number of carbonyl (C=O) groups excluding carboxylic acids is 1. The molecule has 1 heterocycles. The third kappa shape index (κ3) is 4.55. The molecule has 0 aromatic rings. The van der Waals surface area contributed by atoms with E-state index in [4.69, 9.17) is 10.5 Å². The van der Waals surface area contributed by atoms with Crippen molar-refractivity contribution in [3.8, 4) is 0 Å². The smallest absolute Gasteiger partial charge is 0.306 e. The first-order valence-corrected chi connectivity index (χ1v) is 7.94. The molecule has 1 aliphatic heterocycles. The number of hydrogen-bond acceptors (Lipinski definition) is 5. The number of piperidine rings is 1. The quantitative estimate of drug-likeness (QED) is 0.687. The normalized spacial score (nSPS) is 21.8. The number of sulfonamides is 1. The number of hydrogen-bond donors (Lipinski definition) is 1. The summed E-state index contributed by atoms with van der Waals surface area (Å²) in [5.41, 5.74) is 5.57. The second-order valence-corrected chi connectivity index (χ2v) is 6.56. The summed E-state index contributed by atoms with van der Waals surface area (Å²) in [6.45, 7) is 3.48. The van der Waals surface area contributed by atoms with Gasteiger partial charge in [-0.15, -0.1) is 0 Å². The molecule has 1 atom stereocenters. The number of esters is 1. The Morgan fingerprint density at radius 1 is 1.50 bits per heavy atom. The average Bonchev–Trinajstić information content (AvgIpc) is 2.37. The van der Waals surface area contributed by atoms with Gasteiger partial charge in [-0.25, -0.2) is 12.7 Å². The minimum Gasteiger partial charge on any atom is -0.466 e. The van der Waals surface area contributed by atoms with Crippen LogP contribution in [-0.4, -0.2) is 50.7 Å². The van der Waals surface area contributed by atoms with Crippen LogP contribution in [0.25, 0.3) is 0 Å². The van der Waals surface area contributed by atoms with Crippen LogP contribution in [0.3, 0.4) is 0 Å². The van der Waals surface area contributed by atoms with E-state index in [2.05, 4.69) is 0 Å². The molecule has 7 heteroatoms. The second-order valence-electron chi connectivity index (χ2n) is 4.47. The van der Waals surface area contributed by atoms with Crippen LogP contribution in [0, 0.1) is 5.92 Å². The van der Waals surface area contributed by atoms with Gasteiger partial charge in [-0.1, -0.05) is 0 Å². The van der Waals surface area contributed by atoms with Crippen molar-refractivity contribution in [2.24, 2.45) is 11.7 Å². The number of nitrogens with two attached hydrogens (primary N) is 1. The van der Waals surface area contributed by atoms with E-state index in [1.165, 1.54) is 4.31 Å². The zero-order chi connectivity index (χ0) is 13.6. The van der Waals surface area contributed by atoms with Crippen molar-refractivity contribution < 1.29 is 17.9 Å². The van der Waals surface area contributed by atoms with Crippen molar-refractivity contribution in [3.05, 3.63) is 0 Å². The summed E-state index contributed by atoms with van der Waals surface area (Å²) in [7, 11) is -3.36. The van der Waals surface area contributed by atoms with Crippen molar-refractivity contribution >= 4 is 16.0 Å². The molecule has 6 nitrogen and oxygen atoms in total. The molecule has 0 saturated carbocycles. The maximum Gasteiger partial charge on any atom is 0.306 e. The maximum absolute atomic E-state index is 12.0. The predicted octanol–water partition coefficient (Wildman–Crippen LogP) is -0.0599. The van der Waals surface area contributed by atoms with Gasteiger partial charge in [-0.2, -0.15) is 0 Å². The van der Waals surface area contributed by atoms with E-state index in [-0.39, 0.29) is 24.7 Å². The van der Waals surface area contributed by atoms with E-state index >= 15 is 0 Å². The van der Waals surface area contributed by atoms with E-state index in [0.29, 0.717) is 19.6 Å². The first-order chi connectivity index (χ1) is 8.49. The molecule has 1 aliphatic rings. The number of carbonyl (C=O) groups is 1. The van der Waals surface area contributed by atoms with Gasteiger partial charge in [0.15, 0.2) is 0 Å². The fourth-order valence-electron chi connectivity index (χ4n) is 2.05. The van der Waals surface area contributed by atoms with Gasteiger partial charge in [0, 0.05) is 13.1 Å². The number of nitrogens with zero attached hydrogens (tertiary/aromatic N) is 1. The van der Waals surface area contributed by atoms with Gasteiger partial charge in [0.25, 0.3) is 0 Å². The van der Waals surface area contributed by atoms with Crippen LogP contribution < -0.4 is 5.73 Å². The summed E-state index contributed by atoms with van der Waals surface area (Å²) >= 11 is 0. The molecule has 0 amide bonds. The van der Waals surface area contributed by atoms with Crippen LogP contribution in [0.15, 0.2) is 0 Å². The summed E-state index contributed by atoms with van der Waals surface area (Å²) in [4.78, 5) is 11.2. The van der Waals surface area contributed by atoms with Crippen molar-refractivity contribution in [2.45, 2.75) is 26.2 Å². The Balaban J connectivity index is 2.49. The highest BCUT2D eigenvalue weighted by molar-refractivity contribution is 7.89. The third-order valence-corrected chi connectivity index (χ3v) is 4.92. The zero-order valence-corrected chi connectivity index (χ0v) is 11.6. The molecule has 0 spiro atoms. The van der Waals surface area contributed by atoms with Crippen LogP contribution in [0.2, 0.25) is 0 Å². The molecule has 1 fully saturated rings. The lowest BCUT2D eigenvalue weighted by atomic mass is 10.0. The van der Waals surface area contributed by atoms with Crippen LogP contribution in [-0.2, 0) is 19.6 Å². The molecule has 1 rings (SSSR count). The lowest BCUT2D eigenvalue weighted by Crippen LogP contribution is -2.43. The molecular formula is C11H22N2O4S. The van der Waals surface area contributed by atoms with E-state index in [1.807, 2.05) is 0 Å². The van der Waals surface area contributed by atoms with Gasteiger partial charge in [-0.05, 0) is 32.2 Å². The Bertz CT molecular complexity index is 369. The fraction of sp³-hybridized carbons (Fsp3) is 0.909. The zero-order valence-electron chi connectivity index (χ0n) is 10.8. The van der Waals surface area contributed by atoms with Crippen LogP contribution in [0.1, 0.15) is 26.2 Å². The summed E-state index contributed by atoms with van der Waals surface area (Å²) in [6, 6.07) is 0. The van der Waals surface area contributed by atoms with Gasteiger partial charge < -0.3 is 10.5 Å². The first-order valence-electron chi connectivity index (χ1n) is 6.33. The maximum atomic E-state index is 12.0. The minimum atomic E-state index is -3.36. The molecule has 2 N–H and O–H groups in total. The van der Waals surface area contributed by atoms with Crippen LogP contribution in [0.4, 0.5) is 0 Å². The van der Waals surface area contributed by atoms with E-state index < -0.39 is 16.0 Å². The molecule has 0 bridgehead atoms. The Labute approximate surface area is 109 Å². The molecule has 106 valence electrons. The lowest BCUT2D eigenvalue weighted by Gasteiger charge is -2.31. The molecule has 0 aromatic heterocycles. The van der Waals surface area contributed by atoms with Crippen LogP contribution >= 0.6 is 0 Å². The second kappa shape index (κ2) is 7.06. The summed E-state index contributed by atoms with van der Waals surface area (Å²) in [5, 5.41) is 0. The van der Waals surface area contributed by atoms with Crippen molar-refractivity contribution in [1.29, 1.82) is 0 Å². The fourth-order valence-corrected chi connectivity index (χ4v) is 3.57. The average molecular weight is 278 g/mol. The van der Waals surface area contributed by atoms with E-state index in [0.717, 1.165) is 12.8 Å². The Morgan fingerprint density at radius 2 is 2.22 bits per heavy atom. The van der Waals surface area contributed by atoms with Crippen molar-refractivity contribution in [3.63, 3.8) is 0 Å². The standard InChI is InChI=1S/C11H22N2O4S/c1-2-17-11(14)5-7-18(15,16)13-6-3-4-10(8-12)9-13/h10H,2-9,12H2,1H3. The monoisotopic (exact) mass is 278 g/mol. The molecular weight excluding hydrogens is 256 g/mol. The van der Waals surface area contributed by atoms with Crippen molar-refractivity contribution in [1.82, 2.24) is 4.31 Å². The lowest BCUT2D eigenvalue weighted by molar-refractivity contribution is -0.142. The third-order valence-electron chi connectivity index (χ3n) is 3.08. The van der Waals surface area contributed by atoms with E-state index in [9.17, 15) is 13.2 Å². The van der Waals surface area contributed by atoms with Gasteiger partial charge >= 0.3 is 5.97 Å². The van der Waals surface area contributed by atoms with Gasteiger partial charge in [0.05, 0.1) is 18.8 Å². The molecule has 0 aliphatic carbocycles. The molecule has 1 unspecified atom stereocenters. The summed E-state index contributed by atoms with van der Waals surface area (Å²) < 4.78 is 30.2. The summed E-state index contributed by atoms with van der Waals surface area (Å²) in [5.74, 6) is -0.409. The molecule has 0 aromatic carbocycles. The minimum absolute atomic E-state index is 0.0834. The topological polar surface area (TPSA) is 89.7 Å². The number of ether oxygens (including phenoxy) is 1. The highest BCUT2D eigenvalue weighted by Gasteiger charge is 2.28. The SMILES string of the molecule is CCOC(=O)CCS(=O)(=O)N1CCCC(CN)C1. The Kier molecular flexibility index (Phi) is 6.04. The molecule has 1 saturated heterocycles. The predicted molar refractivity (Wildman–Crippen MR) is 68.4 cm³/mol. The Morgan fingerprint density at radius 3 is 2.83 bits per heavy atom.